The van der Waals surface area contributed by atoms with Crippen molar-refractivity contribution in [1.29, 1.82) is 0 Å². The van der Waals surface area contributed by atoms with Crippen LogP contribution in [0.2, 0.25) is 0 Å². The number of phenolic OH excluding ortho intramolecular Hbond substituents is 2. The average Bonchev–Trinajstić information content (AvgIpc) is 2.91. The number of ketones is 3. The smallest absolute Gasteiger partial charge is 0.200 e. The van der Waals surface area contributed by atoms with E-state index in [1.165, 1.54) is 29.3 Å². The molecule has 1 aromatic carbocycles. The number of Topliss-reactive ketones (excluding diaryl/α,β-unsaturated/α-hetero) is 3. The van der Waals surface area contributed by atoms with E-state index >= 15 is 9.59 Å². The highest BCUT2D eigenvalue weighted by atomic mass is 16.5. The fourth-order valence-corrected chi connectivity index (χ4v) is 7.72. The molecular weight excluding hydrogens is 552 g/mol. The fraction of sp³-hybridized carbons (Fsp3) is 0.553. The van der Waals surface area contributed by atoms with Gasteiger partial charge in [0.2, 0.25) is 0 Å². The van der Waals surface area contributed by atoms with Crippen LogP contribution in [-0.4, -0.2) is 33.2 Å². The van der Waals surface area contributed by atoms with E-state index in [-0.39, 0.29) is 46.7 Å². The second-order valence-corrected chi connectivity index (χ2v) is 15.1. The van der Waals surface area contributed by atoms with Crippen LogP contribution >= 0.6 is 0 Å². The van der Waals surface area contributed by atoms with Crippen LogP contribution in [0.4, 0.5) is 0 Å². The SMILES string of the molecule is CC(C)=CCC1CC23C[C@@H](CC=C(C)C)C(C)(C)[C@@](CC=C(C)C)(C(=O)C(C(=O)c4ccc(O)c(O)c4)=C2OC1(C)C)C3=O. The maximum atomic E-state index is 15.3. The maximum absolute atomic E-state index is 15.3. The van der Waals surface area contributed by atoms with Gasteiger partial charge < -0.3 is 14.9 Å². The standard InChI is InChI=1S/C38H50O6/c1-22(2)11-14-26-20-37-21-27(15-12-23(3)4)36(9,10)44-33(37)30(31(41)25-13-16-28(39)29(40)19-25)32(42)38(34(37)43,35(26,7)8)18-17-24(5)6/h11-13,16-17,19,26-27,39-40H,14-15,18,20-21H2,1-10H3/t26-,27?,37?,38+/m1/s1. The number of carbonyl (C=O) groups is 3. The highest BCUT2D eigenvalue weighted by Gasteiger charge is 2.74. The molecule has 0 amide bonds. The summed E-state index contributed by atoms with van der Waals surface area (Å²) in [6.45, 7) is 20.1. The molecule has 6 heteroatoms. The number of allylic oxidation sites excluding steroid dienone is 8. The Hall–Kier alpha value is -3.41. The first-order chi connectivity index (χ1) is 20.3. The third-order valence-electron chi connectivity index (χ3n) is 10.7. The van der Waals surface area contributed by atoms with Crippen LogP contribution in [0.5, 0.6) is 11.5 Å². The van der Waals surface area contributed by atoms with E-state index in [0.29, 0.717) is 25.7 Å². The van der Waals surface area contributed by atoms with Crippen LogP contribution in [0.15, 0.2) is 64.5 Å². The van der Waals surface area contributed by atoms with Gasteiger partial charge in [0, 0.05) is 11.5 Å². The van der Waals surface area contributed by atoms with Crippen LogP contribution in [0.3, 0.4) is 0 Å². The average molecular weight is 603 g/mol. The second kappa shape index (κ2) is 11.5. The summed E-state index contributed by atoms with van der Waals surface area (Å²) < 4.78 is 6.81. The first-order valence-corrected chi connectivity index (χ1v) is 15.8. The van der Waals surface area contributed by atoms with Gasteiger partial charge in [-0.1, -0.05) is 48.8 Å². The van der Waals surface area contributed by atoms with Crippen molar-refractivity contribution >= 4 is 17.3 Å². The van der Waals surface area contributed by atoms with E-state index in [1.807, 2.05) is 47.6 Å². The molecule has 0 aromatic heterocycles. The van der Waals surface area contributed by atoms with Crippen molar-refractivity contribution in [3.05, 3.63) is 70.0 Å². The van der Waals surface area contributed by atoms with Crippen LogP contribution in [0.25, 0.3) is 0 Å². The lowest BCUT2D eigenvalue weighted by molar-refractivity contribution is -0.188. The molecule has 2 N–H and O–H groups in total. The number of fused-ring (bicyclic) bond motifs is 1. The van der Waals surface area contributed by atoms with Crippen molar-refractivity contribution < 1.29 is 29.3 Å². The predicted octanol–water partition coefficient (Wildman–Crippen LogP) is 8.59. The molecule has 2 fully saturated rings. The number of phenols is 2. The van der Waals surface area contributed by atoms with Crippen molar-refractivity contribution in [3.63, 3.8) is 0 Å². The molecule has 6 nitrogen and oxygen atoms in total. The Balaban J connectivity index is 2.10. The summed E-state index contributed by atoms with van der Waals surface area (Å²) >= 11 is 0. The van der Waals surface area contributed by atoms with Crippen molar-refractivity contribution in [2.24, 2.45) is 28.1 Å². The molecule has 1 saturated heterocycles. The number of rotatable bonds is 8. The molecule has 4 rings (SSSR count). The molecule has 2 unspecified atom stereocenters. The minimum absolute atomic E-state index is 0.0251. The lowest BCUT2D eigenvalue weighted by atomic mass is 9.39. The van der Waals surface area contributed by atoms with Gasteiger partial charge in [-0.05, 0) is 117 Å². The van der Waals surface area contributed by atoms with Gasteiger partial charge in [-0.25, -0.2) is 0 Å². The van der Waals surface area contributed by atoms with E-state index in [0.717, 1.165) is 5.57 Å². The highest BCUT2D eigenvalue weighted by Crippen LogP contribution is 2.69. The van der Waals surface area contributed by atoms with E-state index < -0.39 is 39.2 Å². The van der Waals surface area contributed by atoms with Gasteiger partial charge in [-0.15, -0.1) is 0 Å². The van der Waals surface area contributed by atoms with E-state index in [9.17, 15) is 15.0 Å². The molecule has 1 aromatic rings. The van der Waals surface area contributed by atoms with Crippen molar-refractivity contribution in [2.45, 2.75) is 107 Å². The zero-order valence-electron chi connectivity index (χ0n) is 28.2. The van der Waals surface area contributed by atoms with E-state index in [4.69, 9.17) is 4.74 Å². The largest absolute Gasteiger partial charge is 0.504 e. The Morgan fingerprint density at radius 2 is 1.39 bits per heavy atom. The minimum atomic E-state index is -1.48. The molecule has 1 spiro atoms. The topological polar surface area (TPSA) is 101 Å². The quantitative estimate of drug-likeness (QED) is 0.102. The molecule has 4 atom stereocenters. The third kappa shape index (κ3) is 5.28. The molecular formula is C38H50O6. The van der Waals surface area contributed by atoms with Gasteiger partial charge in [0.15, 0.2) is 28.8 Å². The number of ether oxygens (including phenoxy) is 1. The van der Waals surface area contributed by atoms with Gasteiger partial charge in [-0.2, -0.15) is 0 Å². The van der Waals surface area contributed by atoms with Crippen LogP contribution < -0.4 is 0 Å². The van der Waals surface area contributed by atoms with Gasteiger partial charge in [0.25, 0.3) is 0 Å². The van der Waals surface area contributed by atoms with Crippen molar-refractivity contribution in [2.75, 3.05) is 0 Å². The predicted molar refractivity (Wildman–Crippen MR) is 173 cm³/mol. The van der Waals surface area contributed by atoms with Crippen molar-refractivity contribution in [1.82, 2.24) is 0 Å². The Bertz CT molecular complexity index is 1500. The minimum Gasteiger partial charge on any atom is -0.504 e. The number of hydrogen-bond acceptors (Lipinski definition) is 6. The van der Waals surface area contributed by atoms with E-state index in [1.54, 1.807) is 0 Å². The van der Waals surface area contributed by atoms with E-state index in [2.05, 4.69) is 39.8 Å². The highest BCUT2D eigenvalue weighted by molar-refractivity contribution is 6.35. The Morgan fingerprint density at radius 3 is 1.93 bits per heavy atom. The maximum Gasteiger partial charge on any atom is 0.200 e. The van der Waals surface area contributed by atoms with Gasteiger partial charge >= 0.3 is 0 Å². The summed E-state index contributed by atoms with van der Waals surface area (Å²) in [5, 5.41) is 20.2. The summed E-state index contributed by atoms with van der Waals surface area (Å²) in [6, 6.07) is 3.81. The molecule has 1 saturated carbocycles. The number of carbonyl (C=O) groups excluding carboxylic acids is 3. The lowest BCUT2D eigenvalue weighted by Gasteiger charge is -2.64. The van der Waals surface area contributed by atoms with Crippen molar-refractivity contribution in [3.8, 4) is 11.5 Å². The third-order valence-corrected chi connectivity index (χ3v) is 10.7. The number of hydrogen-bond donors (Lipinski definition) is 2. The molecule has 1 aliphatic heterocycles. The second-order valence-electron chi connectivity index (χ2n) is 15.1. The van der Waals surface area contributed by atoms with Gasteiger partial charge in [-0.3, -0.25) is 14.4 Å². The normalized spacial score (nSPS) is 28.4. The summed E-state index contributed by atoms with van der Waals surface area (Å²) in [5.41, 5.74) is -0.866. The molecule has 44 heavy (non-hydrogen) atoms. The number of benzene rings is 1. The summed E-state index contributed by atoms with van der Waals surface area (Å²) in [6.07, 6.45) is 8.89. The summed E-state index contributed by atoms with van der Waals surface area (Å²) in [5.74, 6) is -1.93. The van der Waals surface area contributed by atoms with Crippen LogP contribution in [0, 0.1) is 28.1 Å². The lowest BCUT2D eigenvalue weighted by Crippen LogP contribution is -2.69. The Kier molecular flexibility index (Phi) is 8.75. The number of aromatic hydroxyl groups is 2. The molecule has 0 radical (unpaired) electrons. The molecule has 238 valence electrons. The van der Waals surface area contributed by atoms with Crippen LogP contribution in [0.1, 0.15) is 112 Å². The zero-order valence-corrected chi connectivity index (χ0v) is 28.2. The molecule has 1 heterocycles. The van der Waals surface area contributed by atoms with Gasteiger partial charge in [0.1, 0.15) is 22.3 Å². The Labute approximate surface area is 263 Å². The summed E-state index contributed by atoms with van der Waals surface area (Å²) in [4.78, 5) is 44.9. The zero-order chi connectivity index (χ0) is 33.0. The first kappa shape index (κ1) is 33.5. The molecule has 2 bridgehead atoms. The molecule has 2 aliphatic carbocycles. The first-order valence-electron chi connectivity index (χ1n) is 15.8. The monoisotopic (exact) mass is 602 g/mol. The fourth-order valence-electron chi connectivity index (χ4n) is 7.72. The Morgan fingerprint density at radius 1 is 0.841 bits per heavy atom. The van der Waals surface area contributed by atoms with Gasteiger partial charge in [0.05, 0.1) is 5.41 Å². The molecule has 3 aliphatic rings. The van der Waals surface area contributed by atoms with Crippen LogP contribution in [-0.2, 0) is 14.3 Å². The summed E-state index contributed by atoms with van der Waals surface area (Å²) in [7, 11) is 0.